The van der Waals surface area contributed by atoms with E-state index in [2.05, 4.69) is 29.3 Å². The summed E-state index contributed by atoms with van der Waals surface area (Å²) in [5.41, 5.74) is 0.735. The lowest BCUT2D eigenvalue weighted by atomic mass is 9.84. The predicted octanol–water partition coefficient (Wildman–Crippen LogP) is 2.33. The monoisotopic (exact) mass is 305 g/mol. The van der Waals surface area contributed by atoms with Gasteiger partial charge in [-0.2, -0.15) is 0 Å². The second kappa shape index (κ2) is 6.42. The molecule has 2 N–H and O–H groups in total. The third-order valence-electron chi connectivity index (χ3n) is 4.71. The van der Waals surface area contributed by atoms with Gasteiger partial charge in [0.25, 0.3) is 0 Å². The van der Waals surface area contributed by atoms with Crippen LogP contribution in [0.3, 0.4) is 0 Å². The van der Waals surface area contributed by atoms with E-state index in [-0.39, 0.29) is 0 Å². The normalized spacial score (nSPS) is 29.4. The number of pyridine rings is 1. The van der Waals surface area contributed by atoms with Crippen LogP contribution in [0.25, 0.3) is 0 Å². The number of hydrogen-bond acceptors (Lipinski definition) is 5. The molecule has 0 bridgehead atoms. The number of aryl methyl sites for hydroxylation is 1. The molecule has 0 radical (unpaired) electrons. The van der Waals surface area contributed by atoms with Crippen LogP contribution in [0.2, 0.25) is 0 Å². The van der Waals surface area contributed by atoms with E-state index in [1.165, 1.54) is 5.56 Å². The molecule has 22 heavy (non-hydrogen) atoms. The zero-order valence-corrected chi connectivity index (χ0v) is 13.6. The lowest BCUT2D eigenvalue weighted by Gasteiger charge is -2.34. The zero-order valence-electron chi connectivity index (χ0n) is 13.6. The Kier molecular flexibility index (Phi) is 4.54. The standard InChI is InChI=1S/C17H27N3O2/c1-13-11-15(18-14-3-5-17(2,21)6-4-14)19-16(12-13)20-7-9-22-10-8-20/h11-12,14,21H,3-10H2,1-2H3,(H,18,19)/t14-,17+. The van der Waals surface area contributed by atoms with Gasteiger partial charge in [-0.3, -0.25) is 0 Å². The van der Waals surface area contributed by atoms with Crippen molar-refractivity contribution in [3.05, 3.63) is 17.7 Å². The molecule has 1 aromatic rings. The summed E-state index contributed by atoms with van der Waals surface area (Å²) in [5, 5.41) is 13.6. The highest BCUT2D eigenvalue weighted by molar-refractivity contribution is 5.51. The molecule has 0 unspecified atom stereocenters. The fourth-order valence-corrected chi connectivity index (χ4v) is 3.27. The number of morpholine rings is 1. The number of nitrogens with zero attached hydrogens (tertiary/aromatic N) is 2. The van der Waals surface area contributed by atoms with E-state index in [4.69, 9.17) is 9.72 Å². The van der Waals surface area contributed by atoms with E-state index in [0.29, 0.717) is 6.04 Å². The van der Waals surface area contributed by atoms with E-state index < -0.39 is 5.60 Å². The van der Waals surface area contributed by atoms with Gasteiger partial charge in [0.2, 0.25) is 0 Å². The van der Waals surface area contributed by atoms with Crippen LogP contribution < -0.4 is 10.2 Å². The average molecular weight is 305 g/mol. The molecule has 3 rings (SSSR count). The van der Waals surface area contributed by atoms with Crippen LogP contribution in [-0.4, -0.2) is 48.0 Å². The second-order valence-corrected chi connectivity index (χ2v) is 6.90. The Morgan fingerprint density at radius 3 is 2.64 bits per heavy atom. The molecule has 1 saturated carbocycles. The maximum Gasteiger partial charge on any atom is 0.131 e. The fraction of sp³-hybridized carbons (Fsp3) is 0.706. The molecule has 1 saturated heterocycles. The predicted molar refractivity (Wildman–Crippen MR) is 88.5 cm³/mol. The minimum Gasteiger partial charge on any atom is -0.390 e. The summed E-state index contributed by atoms with van der Waals surface area (Å²) < 4.78 is 5.41. The molecular formula is C17H27N3O2. The SMILES string of the molecule is Cc1cc(N[C@H]2CC[C@@](C)(O)CC2)nc(N2CCOCC2)c1. The highest BCUT2D eigenvalue weighted by Crippen LogP contribution is 2.29. The molecule has 5 nitrogen and oxygen atoms in total. The maximum absolute atomic E-state index is 10.1. The summed E-state index contributed by atoms with van der Waals surface area (Å²) in [6.45, 7) is 7.41. The third-order valence-corrected chi connectivity index (χ3v) is 4.71. The summed E-state index contributed by atoms with van der Waals surface area (Å²) >= 11 is 0. The van der Waals surface area contributed by atoms with Gasteiger partial charge in [0.05, 0.1) is 18.8 Å². The Hall–Kier alpha value is -1.33. The van der Waals surface area contributed by atoms with Gasteiger partial charge in [-0.15, -0.1) is 0 Å². The minimum atomic E-state index is -0.489. The largest absolute Gasteiger partial charge is 0.390 e. The van der Waals surface area contributed by atoms with E-state index in [9.17, 15) is 5.11 Å². The first-order chi connectivity index (χ1) is 10.5. The number of aromatic nitrogens is 1. The zero-order chi connectivity index (χ0) is 15.6. The molecular weight excluding hydrogens is 278 g/mol. The van der Waals surface area contributed by atoms with Gasteiger partial charge in [0.15, 0.2) is 0 Å². The van der Waals surface area contributed by atoms with Crippen molar-refractivity contribution in [2.45, 2.75) is 51.2 Å². The van der Waals surface area contributed by atoms with Crippen molar-refractivity contribution < 1.29 is 9.84 Å². The summed E-state index contributed by atoms with van der Waals surface area (Å²) in [5.74, 6) is 1.99. The van der Waals surface area contributed by atoms with Crippen molar-refractivity contribution in [3.8, 4) is 0 Å². The van der Waals surface area contributed by atoms with Crippen molar-refractivity contribution in [1.82, 2.24) is 4.98 Å². The Balaban J connectivity index is 1.67. The maximum atomic E-state index is 10.1. The van der Waals surface area contributed by atoms with Crippen LogP contribution in [-0.2, 0) is 4.74 Å². The average Bonchev–Trinajstić information content (AvgIpc) is 2.50. The molecule has 0 atom stereocenters. The quantitative estimate of drug-likeness (QED) is 0.897. The first-order valence-electron chi connectivity index (χ1n) is 8.32. The van der Waals surface area contributed by atoms with Gasteiger partial charge < -0.3 is 20.1 Å². The highest BCUT2D eigenvalue weighted by atomic mass is 16.5. The number of ether oxygens (including phenoxy) is 1. The van der Waals surface area contributed by atoms with Crippen LogP contribution in [0.15, 0.2) is 12.1 Å². The molecule has 5 heteroatoms. The first-order valence-corrected chi connectivity index (χ1v) is 8.32. The molecule has 0 spiro atoms. The smallest absolute Gasteiger partial charge is 0.131 e. The van der Waals surface area contributed by atoms with Crippen LogP contribution in [0.5, 0.6) is 0 Å². The van der Waals surface area contributed by atoms with Crippen LogP contribution >= 0.6 is 0 Å². The minimum absolute atomic E-state index is 0.409. The van der Waals surface area contributed by atoms with E-state index in [1.54, 1.807) is 0 Å². The Morgan fingerprint density at radius 1 is 1.27 bits per heavy atom. The number of hydrogen-bond donors (Lipinski definition) is 2. The van der Waals surface area contributed by atoms with Crippen molar-refractivity contribution in [3.63, 3.8) is 0 Å². The van der Waals surface area contributed by atoms with Crippen LogP contribution in [0, 0.1) is 6.92 Å². The molecule has 2 aliphatic rings. The summed E-state index contributed by atoms with van der Waals surface area (Å²) in [6, 6.07) is 4.66. The van der Waals surface area contributed by atoms with Crippen LogP contribution in [0.4, 0.5) is 11.6 Å². The molecule has 1 aliphatic heterocycles. The number of nitrogens with one attached hydrogen (secondary N) is 1. The highest BCUT2D eigenvalue weighted by Gasteiger charge is 2.28. The van der Waals surface area contributed by atoms with Gasteiger partial charge >= 0.3 is 0 Å². The van der Waals surface area contributed by atoms with Crippen molar-refractivity contribution in [2.24, 2.45) is 0 Å². The third kappa shape index (κ3) is 3.90. The van der Waals surface area contributed by atoms with E-state index >= 15 is 0 Å². The molecule has 122 valence electrons. The van der Waals surface area contributed by atoms with E-state index in [1.807, 2.05) is 6.92 Å². The topological polar surface area (TPSA) is 57.6 Å². The van der Waals surface area contributed by atoms with Gasteiger partial charge in [-0.1, -0.05) is 0 Å². The Labute approximate surface area is 132 Å². The van der Waals surface area contributed by atoms with Gasteiger partial charge in [-0.05, 0) is 57.2 Å². The first kappa shape index (κ1) is 15.6. The van der Waals surface area contributed by atoms with Crippen molar-refractivity contribution in [1.29, 1.82) is 0 Å². The summed E-state index contributed by atoms with van der Waals surface area (Å²) in [7, 11) is 0. The van der Waals surface area contributed by atoms with Crippen LogP contribution in [0.1, 0.15) is 38.2 Å². The number of rotatable bonds is 3. The molecule has 2 heterocycles. The molecule has 0 aromatic carbocycles. The number of anilines is 2. The lowest BCUT2D eigenvalue weighted by Crippen LogP contribution is -2.37. The summed E-state index contributed by atoms with van der Waals surface area (Å²) in [4.78, 5) is 7.07. The molecule has 1 aliphatic carbocycles. The van der Waals surface area contributed by atoms with Gasteiger partial charge in [0, 0.05) is 19.1 Å². The lowest BCUT2D eigenvalue weighted by molar-refractivity contribution is 0.0196. The Bertz CT molecular complexity index is 503. The van der Waals surface area contributed by atoms with E-state index in [0.717, 1.165) is 63.6 Å². The summed E-state index contributed by atoms with van der Waals surface area (Å²) in [6.07, 6.45) is 3.70. The van der Waals surface area contributed by atoms with Gasteiger partial charge in [0.1, 0.15) is 11.6 Å². The van der Waals surface area contributed by atoms with Crippen molar-refractivity contribution >= 4 is 11.6 Å². The van der Waals surface area contributed by atoms with Crippen molar-refractivity contribution in [2.75, 3.05) is 36.5 Å². The number of aliphatic hydroxyl groups is 1. The second-order valence-electron chi connectivity index (χ2n) is 6.90. The molecule has 1 aromatic heterocycles. The molecule has 0 amide bonds. The molecule has 2 fully saturated rings. The van der Waals surface area contributed by atoms with Gasteiger partial charge in [-0.25, -0.2) is 4.98 Å². The fourth-order valence-electron chi connectivity index (χ4n) is 3.27. The Morgan fingerprint density at radius 2 is 1.95 bits per heavy atom.